The van der Waals surface area contributed by atoms with Crippen molar-refractivity contribution in [1.29, 1.82) is 0 Å². The van der Waals surface area contributed by atoms with Crippen LogP contribution in [0.25, 0.3) is 0 Å². The van der Waals surface area contributed by atoms with Crippen molar-refractivity contribution in [2.24, 2.45) is 0 Å². The first-order chi connectivity index (χ1) is 7.66. The van der Waals surface area contributed by atoms with Crippen molar-refractivity contribution in [3.05, 3.63) is 35.4 Å². The zero-order chi connectivity index (χ0) is 11.5. The SMILES string of the molecule is Cc1cccc(C2CCCC(C(=O)O)N2)c1. The van der Waals surface area contributed by atoms with Crippen molar-refractivity contribution in [1.82, 2.24) is 5.32 Å². The summed E-state index contributed by atoms with van der Waals surface area (Å²) in [6.07, 6.45) is 2.73. The molecule has 1 aliphatic heterocycles. The number of benzene rings is 1. The monoisotopic (exact) mass is 219 g/mol. The second-order valence-corrected chi connectivity index (χ2v) is 4.46. The van der Waals surface area contributed by atoms with E-state index in [2.05, 4.69) is 30.4 Å². The topological polar surface area (TPSA) is 49.3 Å². The van der Waals surface area contributed by atoms with Gasteiger partial charge >= 0.3 is 5.97 Å². The Bertz CT molecular complexity index is 389. The Morgan fingerprint density at radius 1 is 1.44 bits per heavy atom. The van der Waals surface area contributed by atoms with Gasteiger partial charge in [0, 0.05) is 6.04 Å². The van der Waals surface area contributed by atoms with E-state index in [4.69, 9.17) is 5.11 Å². The molecule has 0 saturated carbocycles. The molecule has 2 N–H and O–H groups in total. The lowest BCUT2D eigenvalue weighted by molar-refractivity contribution is -0.140. The lowest BCUT2D eigenvalue weighted by atomic mass is 9.93. The lowest BCUT2D eigenvalue weighted by Gasteiger charge is -2.29. The van der Waals surface area contributed by atoms with E-state index in [1.807, 2.05) is 6.07 Å². The van der Waals surface area contributed by atoms with Crippen LogP contribution in [0.1, 0.15) is 36.4 Å². The number of aliphatic carboxylic acids is 1. The first-order valence-corrected chi connectivity index (χ1v) is 5.72. The van der Waals surface area contributed by atoms with Crippen LogP contribution in [0.5, 0.6) is 0 Å². The number of carboxylic acids is 1. The second kappa shape index (κ2) is 4.66. The Balaban J connectivity index is 2.12. The number of piperidine rings is 1. The Hall–Kier alpha value is -1.35. The minimum Gasteiger partial charge on any atom is -0.480 e. The summed E-state index contributed by atoms with van der Waals surface area (Å²) < 4.78 is 0. The quantitative estimate of drug-likeness (QED) is 0.802. The van der Waals surface area contributed by atoms with E-state index in [0.717, 1.165) is 19.3 Å². The van der Waals surface area contributed by atoms with Gasteiger partial charge in [0.1, 0.15) is 6.04 Å². The molecule has 0 aliphatic carbocycles. The molecule has 1 fully saturated rings. The maximum Gasteiger partial charge on any atom is 0.320 e. The maximum absolute atomic E-state index is 10.9. The molecule has 0 amide bonds. The molecule has 2 unspecified atom stereocenters. The van der Waals surface area contributed by atoms with Gasteiger partial charge < -0.3 is 5.11 Å². The van der Waals surface area contributed by atoms with Crippen molar-refractivity contribution in [3.63, 3.8) is 0 Å². The number of hydrogen-bond acceptors (Lipinski definition) is 2. The summed E-state index contributed by atoms with van der Waals surface area (Å²) in [6.45, 7) is 2.06. The molecule has 2 atom stereocenters. The third-order valence-electron chi connectivity index (χ3n) is 3.13. The standard InChI is InChI=1S/C13H17NO2/c1-9-4-2-5-10(8-9)11-6-3-7-12(14-11)13(15)16/h2,4-5,8,11-12,14H,3,6-7H2,1H3,(H,15,16). The molecule has 1 saturated heterocycles. The van der Waals surface area contributed by atoms with E-state index in [1.54, 1.807) is 0 Å². The lowest BCUT2D eigenvalue weighted by Crippen LogP contribution is -2.42. The van der Waals surface area contributed by atoms with E-state index in [-0.39, 0.29) is 12.1 Å². The number of rotatable bonds is 2. The minimum absolute atomic E-state index is 0.190. The van der Waals surface area contributed by atoms with E-state index < -0.39 is 5.97 Å². The molecule has 3 heteroatoms. The van der Waals surface area contributed by atoms with Gasteiger partial charge in [0.15, 0.2) is 0 Å². The molecular formula is C13H17NO2. The van der Waals surface area contributed by atoms with Gasteiger partial charge in [-0.3, -0.25) is 10.1 Å². The van der Waals surface area contributed by atoms with Crippen molar-refractivity contribution < 1.29 is 9.90 Å². The summed E-state index contributed by atoms with van der Waals surface area (Å²) in [5.41, 5.74) is 2.42. The van der Waals surface area contributed by atoms with E-state index in [9.17, 15) is 4.79 Å². The van der Waals surface area contributed by atoms with Crippen molar-refractivity contribution >= 4 is 5.97 Å². The molecular weight excluding hydrogens is 202 g/mol. The number of hydrogen-bond donors (Lipinski definition) is 2. The molecule has 0 bridgehead atoms. The predicted molar refractivity (Wildman–Crippen MR) is 62.3 cm³/mol. The van der Waals surface area contributed by atoms with Gasteiger partial charge in [-0.15, -0.1) is 0 Å². The Labute approximate surface area is 95.5 Å². The maximum atomic E-state index is 10.9. The molecule has 1 aromatic carbocycles. The summed E-state index contributed by atoms with van der Waals surface area (Å²) in [5, 5.41) is 12.2. The van der Waals surface area contributed by atoms with Crippen LogP contribution < -0.4 is 5.32 Å². The number of carboxylic acid groups (broad SMARTS) is 1. The van der Waals surface area contributed by atoms with Crippen molar-refractivity contribution in [2.45, 2.75) is 38.3 Å². The Kier molecular flexibility index (Phi) is 3.25. The number of nitrogens with one attached hydrogen (secondary N) is 1. The summed E-state index contributed by atoms with van der Waals surface area (Å²) in [4.78, 5) is 10.9. The van der Waals surface area contributed by atoms with Crippen LogP contribution in [0.3, 0.4) is 0 Å². The summed E-state index contributed by atoms with van der Waals surface area (Å²) in [6, 6.07) is 8.07. The molecule has 0 radical (unpaired) electrons. The van der Waals surface area contributed by atoms with Gasteiger partial charge in [0.25, 0.3) is 0 Å². The van der Waals surface area contributed by atoms with Gasteiger partial charge in [-0.2, -0.15) is 0 Å². The first-order valence-electron chi connectivity index (χ1n) is 5.72. The van der Waals surface area contributed by atoms with Gasteiger partial charge in [-0.25, -0.2) is 0 Å². The molecule has 86 valence electrons. The summed E-state index contributed by atoms with van der Waals surface area (Å²) in [7, 11) is 0. The Morgan fingerprint density at radius 3 is 2.94 bits per heavy atom. The molecule has 1 aromatic rings. The van der Waals surface area contributed by atoms with Crippen LogP contribution in [0.4, 0.5) is 0 Å². The average molecular weight is 219 g/mol. The van der Waals surface area contributed by atoms with Crippen LogP contribution in [0.15, 0.2) is 24.3 Å². The van der Waals surface area contributed by atoms with Crippen molar-refractivity contribution in [3.8, 4) is 0 Å². The Morgan fingerprint density at radius 2 is 2.25 bits per heavy atom. The van der Waals surface area contributed by atoms with E-state index in [0.29, 0.717) is 0 Å². The van der Waals surface area contributed by atoms with E-state index >= 15 is 0 Å². The normalized spacial score (nSPS) is 25.3. The molecule has 0 aromatic heterocycles. The molecule has 3 nitrogen and oxygen atoms in total. The highest BCUT2D eigenvalue weighted by atomic mass is 16.4. The number of carbonyl (C=O) groups is 1. The van der Waals surface area contributed by atoms with E-state index in [1.165, 1.54) is 11.1 Å². The third kappa shape index (κ3) is 2.42. The van der Waals surface area contributed by atoms with Crippen LogP contribution in [-0.4, -0.2) is 17.1 Å². The van der Waals surface area contributed by atoms with Gasteiger partial charge in [-0.05, 0) is 31.7 Å². The summed E-state index contributed by atoms with van der Waals surface area (Å²) in [5.74, 6) is -0.739. The average Bonchev–Trinajstić information content (AvgIpc) is 2.29. The van der Waals surface area contributed by atoms with Crippen LogP contribution >= 0.6 is 0 Å². The predicted octanol–water partition coefficient (Wildman–Crippen LogP) is 2.26. The number of aryl methyl sites for hydroxylation is 1. The highest BCUT2D eigenvalue weighted by Crippen LogP contribution is 2.26. The molecule has 1 aliphatic rings. The van der Waals surface area contributed by atoms with Crippen molar-refractivity contribution in [2.75, 3.05) is 0 Å². The third-order valence-corrected chi connectivity index (χ3v) is 3.13. The first kappa shape index (κ1) is 11.1. The fourth-order valence-electron chi connectivity index (χ4n) is 2.28. The molecule has 16 heavy (non-hydrogen) atoms. The summed E-state index contributed by atoms with van der Waals surface area (Å²) >= 11 is 0. The smallest absolute Gasteiger partial charge is 0.320 e. The van der Waals surface area contributed by atoms with Gasteiger partial charge in [0.05, 0.1) is 0 Å². The fourth-order valence-corrected chi connectivity index (χ4v) is 2.28. The zero-order valence-electron chi connectivity index (χ0n) is 9.44. The highest BCUT2D eigenvalue weighted by Gasteiger charge is 2.26. The highest BCUT2D eigenvalue weighted by molar-refractivity contribution is 5.73. The van der Waals surface area contributed by atoms with Gasteiger partial charge in [0.2, 0.25) is 0 Å². The molecule has 0 spiro atoms. The van der Waals surface area contributed by atoms with Crippen LogP contribution in [-0.2, 0) is 4.79 Å². The molecule has 1 heterocycles. The molecule has 2 rings (SSSR count). The zero-order valence-corrected chi connectivity index (χ0v) is 9.44. The van der Waals surface area contributed by atoms with Gasteiger partial charge in [-0.1, -0.05) is 29.8 Å². The minimum atomic E-state index is -0.739. The second-order valence-electron chi connectivity index (χ2n) is 4.46. The van der Waals surface area contributed by atoms with Crippen LogP contribution in [0.2, 0.25) is 0 Å². The largest absolute Gasteiger partial charge is 0.480 e. The van der Waals surface area contributed by atoms with Crippen LogP contribution in [0, 0.1) is 6.92 Å². The fraction of sp³-hybridized carbons (Fsp3) is 0.462.